The van der Waals surface area contributed by atoms with Crippen molar-refractivity contribution >= 4 is 29.9 Å². The third-order valence-electron chi connectivity index (χ3n) is 6.40. The smallest absolute Gasteiger partial charge is 0.408 e. The number of unbranched alkanes of at least 4 members (excludes halogenated alkanes) is 1. The number of hydrogen-bond donors (Lipinski definition) is 4. The number of nitrogens with two attached hydrogens (primary N) is 1. The summed E-state index contributed by atoms with van der Waals surface area (Å²) in [5.74, 6) is 5.26. The first-order chi connectivity index (χ1) is 22.7. The van der Waals surface area contributed by atoms with E-state index in [0.717, 1.165) is 11.1 Å². The molecule has 0 radical (unpaired) electrons. The molecule has 2 atom stereocenters. The van der Waals surface area contributed by atoms with Gasteiger partial charge in [-0.15, -0.1) is 0 Å². The molecule has 1 aromatic heterocycles. The van der Waals surface area contributed by atoms with E-state index in [2.05, 4.69) is 16.0 Å². The second-order valence-corrected chi connectivity index (χ2v) is 14.5. The van der Waals surface area contributed by atoms with Gasteiger partial charge in [0.05, 0.1) is 13.2 Å². The molecule has 0 aliphatic heterocycles. The molecule has 2 aromatic rings. The molecule has 0 fully saturated rings. The highest BCUT2D eigenvalue weighted by Gasteiger charge is 2.29. The van der Waals surface area contributed by atoms with E-state index in [1.54, 1.807) is 92.1 Å². The van der Waals surface area contributed by atoms with Crippen LogP contribution in [0, 0.1) is 0 Å². The fraction of sp³-hybridized carbons (Fsp3) is 0.571. The quantitative estimate of drug-likeness (QED) is 0.0715. The van der Waals surface area contributed by atoms with Gasteiger partial charge in [-0.05, 0) is 105 Å². The molecule has 14 nitrogen and oxygen atoms in total. The van der Waals surface area contributed by atoms with Gasteiger partial charge in [0.15, 0.2) is 0 Å². The van der Waals surface area contributed by atoms with Gasteiger partial charge in [-0.25, -0.2) is 35.0 Å². The van der Waals surface area contributed by atoms with Crippen LogP contribution in [0.5, 0.6) is 5.75 Å². The van der Waals surface area contributed by atoms with Crippen LogP contribution >= 0.6 is 0 Å². The maximum Gasteiger partial charge on any atom is 0.408 e. The van der Waals surface area contributed by atoms with Gasteiger partial charge in [-0.1, -0.05) is 12.1 Å². The Hall–Kier alpha value is -4.43. The summed E-state index contributed by atoms with van der Waals surface area (Å²) in [6.07, 6.45) is 0.965. The number of benzene rings is 1. The van der Waals surface area contributed by atoms with Gasteiger partial charge in [0.2, 0.25) is 6.10 Å². The lowest BCUT2D eigenvalue weighted by molar-refractivity contribution is -0.656. The molecule has 0 aliphatic rings. The number of esters is 1. The van der Waals surface area contributed by atoms with Gasteiger partial charge in [0, 0.05) is 18.2 Å². The highest BCUT2D eigenvalue weighted by molar-refractivity contribution is 5.95. The number of nitrogens with zero attached hydrogens (tertiary/aromatic N) is 1. The predicted octanol–water partition coefficient (Wildman–Crippen LogP) is 4.68. The average molecular weight is 689 g/mol. The number of anilines is 1. The molecule has 2 rings (SSSR count). The maximum absolute atomic E-state index is 13.4. The van der Waals surface area contributed by atoms with Crippen molar-refractivity contribution in [3.05, 3.63) is 42.6 Å². The van der Waals surface area contributed by atoms with Crippen LogP contribution in [0.4, 0.5) is 15.4 Å². The predicted molar refractivity (Wildman–Crippen MR) is 183 cm³/mol. The standard InChI is InChI=1S/C35H53N5O9/c1-33(2,3)46-30(42)27(49-36)22-45-25-17-14-23(15-18-25)24-16-19-28(40(10)21-24)39-29(41)26(38-32(44)48-35(7,8)9)13-11-12-20-37-31(43)47-34(4,5)6/h14-19,21,26-27H,11-13,20,22,36H2,1-10H3,(H2,37,38,43,44)/p+1. The number of pyridine rings is 1. The molecule has 5 N–H and O–H groups in total. The lowest BCUT2D eigenvalue weighted by Gasteiger charge is -2.22. The van der Waals surface area contributed by atoms with Crippen LogP contribution in [0.25, 0.3) is 11.1 Å². The summed E-state index contributed by atoms with van der Waals surface area (Å²) in [7, 11) is 1.79. The maximum atomic E-state index is 13.4. The third kappa shape index (κ3) is 16.0. The molecular formula is C35H54N5O9+. The highest BCUT2D eigenvalue weighted by atomic mass is 16.7. The summed E-state index contributed by atoms with van der Waals surface area (Å²) >= 11 is 0. The number of carbonyl (C=O) groups excluding carboxylic acids is 4. The third-order valence-corrected chi connectivity index (χ3v) is 6.40. The lowest BCUT2D eigenvalue weighted by atomic mass is 10.1. The SMILES string of the molecule is C[n+]1cc(-c2ccc(OCC(ON)C(=O)OC(C)(C)C)cc2)ccc1NC(=O)C(CCCCNC(=O)OC(C)(C)C)NC(=O)OC(C)(C)C. The number of aromatic nitrogens is 1. The Balaban J connectivity index is 2.04. The highest BCUT2D eigenvalue weighted by Crippen LogP contribution is 2.23. The molecular weight excluding hydrogens is 634 g/mol. The second kappa shape index (κ2) is 17.8. The number of amides is 3. The Bertz CT molecular complexity index is 1410. The topological polar surface area (TPSA) is 180 Å². The minimum atomic E-state index is -1.08. The molecule has 0 saturated heterocycles. The van der Waals surface area contributed by atoms with E-state index < -0.39 is 53.0 Å². The zero-order chi connectivity index (χ0) is 37.0. The molecule has 1 heterocycles. The summed E-state index contributed by atoms with van der Waals surface area (Å²) in [6, 6.07) is 9.94. The summed E-state index contributed by atoms with van der Waals surface area (Å²) in [5.41, 5.74) is -0.285. The average Bonchev–Trinajstić information content (AvgIpc) is 2.95. The normalized spacial score (nSPS) is 13.0. The fourth-order valence-corrected chi connectivity index (χ4v) is 4.26. The van der Waals surface area contributed by atoms with Crippen molar-refractivity contribution < 1.29 is 47.5 Å². The van der Waals surface area contributed by atoms with E-state index >= 15 is 0 Å². The van der Waals surface area contributed by atoms with Crippen LogP contribution in [0.15, 0.2) is 42.6 Å². The molecule has 2 unspecified atom stereocenters. The molecule has 1 aromatic carbocycles. The van der Waals surface area contributed by atoms with Gasteiger partial charge in [0.1, 0.15) is 35.2 Å². The van der Waals surface area contributed by atoms with Crippen molar-refractivity contribution in [2.45, 2.75) is 111 Å². The van der Waals surface area contributed by atoms with E-state index in [4.69, 9.17) is 29.7 Å². The number of rotatable bonds is 14. The molecule has 3 amide bonds. The van der Waals surface area contributed by atoms with Crippen LogP contribution in [-0.2, 0) is 35.7 Å². The molecule has 272 valence electrons. The number of alkyl carbamates (subject to hydrolysis) is 2. The Morgan fingerprint density at radius 2 is 1.35 bits per heavy atom. The Labute approximate surface area is 289 Å². The van der Waals surface area contributed by atoms with E-state index in [1.165, 1.54) is 0 Å². The number of ether oxygens (including phenoxy) is 4. The van der Waals surface area contributed by atoms with Crippen molar-refractivity contribution in [1.29, 1.82) is 0 Å². The van der Waals surface area contributed by atoms with Crippen molar-refractivity contribution in [2.24, 2.45) is 12.9 Å². The summed E-state index contributed by atoms with van der Waals surface area (Å²) in [5, 5.41) is 8.26. The minimum absolute atomic E-state index is 0.124. The van der Waals surface area contributed by atoms with Gasteiger partial charge in [-0.3, -0.25) is 4.84 Å². The van der Waals surface area contributed by atoms with Crippen molar-refractivity contribution in [3.8, 4) is 16.9 Å². The van der Waals surface area contributed by atoms with Crippen molar-refractivity contribution in [1.82, 2.24) is 10.6 Å². The van der Waals surface area contributed by atoms with Gasteiger partial charge >= 0.3 is 24.1 Å². The van der Waals surface area contributed by atoms with Crippen LogP contribution in [0.1, 0.15) is 81.6 Å². The van der Waals surface area contributed by atoms with Crippen LogP contribution in [0.2, 0.25) is 0 Å². The summed E-state index contributed by atoms with van der Waals surface area (Å²) < 4.78 is 23.4. The first kappa shape index (κ1) is 40.7. The van der Waals surface area contributed by atoms with E-state index in [0.29, 0.717) is 37.4 Å². The first-order valence-electron chi connectivity index (χ1n) is 16.2. The summed E-state index contributed by atoms with van der Waals surface area (Å²) in [4.78, 5) is 54.9. The fourth-order valence-electron chi connectivity index (χ4n) is 4.26. The summed E-state index contributed by atoms with van der Waals surface area (Å²) in [6.45, 7) is 16.1. The van der Waals surface area contributed by atoms with Crippen LogP contribution < -0.4 is 31.2 Å². The minimum Gasteiger partial charge on any atom is -0.490 e. The van der Waals surface area contributed by atoms with Crippen molar-refractivity contribution in [3.63, 3.8) is 0 Å². The molecule has 14 heteroatoms. The van der Waals surface area contributed by atoms with Gasteiger partial charge in [-0.2, -0.15) is 0 Å². The first-order valence-corrected chi connectivity index (χ1v) is 16.2. The second-order valence-electron chi connectivity index (χ2n) is 14.5. The molecule has 0 aliphatic carbocycles. The number of aryl methyl sites for hydroxylation is 1. The largest absolute Gasteiger partial charge is 0.490 e. The Morgan fingerprint density at radius 1 is 0.776 bits per heavy atom. The van der Waals surface area contributed by atoms with Crippen LogP contribution in [-0.4, -0.2) is 66.2 Å². The molecule has 49 heavy (non-hydrogen) atoms. The Morgan fingerprint density at radius 3 is 1.90 bits per heavy atom. The van der Waals surface area contributed by atoms with Crippen molar-refractivity contribution in [2.75, 3.05) is 18.5 Å². The van der Waals surface area contributed by atoms with E-state index in [9.17, 15) is 19.2 Å². The van der Waals surface area contributed by atoms with Gasteiger partial charge < -0.3 is 29.6 Å². The molecule has 0 saturated carbocycles. The number of carbonyl (C=O) groups is 4. The van der Waals surface area contributed by atoms with Crippen LogP contribution in [0.3, 0.4) is 0 Å². The monoisotopic (exact) mass is 688 g/mol. The molecule has 0 bridgehead atoms. The zero-order valence-corrected chi connectivity index (χ0v) is 30.4. The molecule has 0 spiro atoms. The van der Waals surface area contributed by atoms with E-state index in [-0.39, 0.29) is 6.61 Å². The van der Waals surface area contributed by atoms with E-state index in [1.807, 2.05) is 24.4 Å². The Kier molecular flexibility index (Phi) is 14.8. The zero-order valence-electron chi connectivity index (χ0n) is 30.4. The lowest BCUT2D eigenvalue weighted by Crippen LogP contribution is -2.47. The number of nitrogens with one attached hydrogen (secondary N) is 3. The number of hydrogen-bond acceptors (Lipinski definition) is 10. The van der Waals surface area contributed by atoms with Gasteiger partial charge in [0.25, 0.3) is 5.82 Å².